The Bertz CT molecular complexity index is 723. The Morgan fingerprint density at radius 2 is 1.85 bits per heavy atom. The Morgan fingerprint density at radius 1 is 1.12 bits per heavy atom. The molecule has 7 nitrogen and oxygen atoms in total. The number of para-hydroxylation sites is 1. The zero-order chi connectivity index (χ0) is 19.0. The van der Waals surface area contributed by atoms with Crippen molar-refractivity contribution < 1.29 is 24.5 Å². The third kappa shape index (κ3) is 5.37. The maximum Gasteiger partial charge on any atom is 0.327 e. The molecular weight excluding hydrogens is 336 g/mol. The van der Waals surface area contributed by atoms with Crippen LogP contribution in [0.2, 0.25) is 0 Å². The van der Waals surface area contributed by atoms with Gasteiger partial charge in [-0.3, -0.25) is 5.84 Å². The lowest BCUT2D eigenvalue weighted by molar-refractivity contribution is -0.151. The second kappa shape index (κ2) is 9.07. The summed E-state index contributed by atoms with van der Waals surface area (Å²) in [7, 11) is 0. The molecule has 0 heterocycles. The first-order chi connectivity index (χ1) is 12.4. The van der Waals surface area contributed by atoms with Crippen molar-refractivity contribution in [1.29, 1.82) is 0 Å². The summed E-state index contributed by atoms with van der Waals surface area (Å²) in [6, 6.07) is 13.7. The van der Waals surface area contributed by atoms with Crippen molar-refractivity contribution in [1.82, 2.24) is 5.43 Å². The van der Waals surface area contributed by atoms with Gasteiger partial charge in [-0.15, -0.1) is 0 Å². The second-order valence-electron chi connectivity index (χ2n) is 6.13. The predicted octanol–water partition coefficient (Wildman–Crippen LogP) is 1.87. The number of hydrogen-bond acceptors (Lipinski definition) is 7. The standard InChI is InChI=1S/C19H24N2O5/c1-19(21-20,13-14-8-9-16(22)17(23)12-14)18(24)26-11-5-10-25-15-6-3-2-4-7-15/h2-4,6-9,12,21-23H,5,10-11,13,20H2,1H3/t19-/m0/s1. The predicted molar refractivity (Wildman–Crippen MR) is 96.7 cm³/mol. The fourth-order valence-electron chi connectivity index (χ4n) is 2.36. The lowest BCUT2D eigenvalue weighted by atomic mass is 9.93. The number of nitrogens with two attached hydrogens (primary N) is 1. The van der Waals surface area contributed by atoms with Crippen LogP contribution in [0.5, 0.6) is 17.2 Å². The van der Waals surface area contributed by atoms with Gasteiger partial charge in [0.05, 0.1) is 13.2 Å². The van der Waals surface area contributed by atoms with Crippen LogP contribution in [0, 0.1) is 0 Å². The van der Waals surface area contributed by atoms with Gasteiger partial charge in [0.2, 0.25) is 0 Å². The largest absolute Gasteiger partial charge is 0.504 e. The average Bonchev–Trinajstić information content (AvgIpc) is 2.65. The molecule has 5 N–H and O–H groups in total. The zero-order valence-corrected chi connectivity index (χ0v) is 14.6. The quantitative estimate of drug-likeness (QED) is 0.177. The van der Waals surface area contributed by atoms with Gasteiger partial charge in [0.15, 0.2) is 11.5 Å². The molecule has 0 aromatic heterocycles. The van der Waals surface area contributed by atoms with Crippen molar-refractivity contribution in [2.75, 3.05) is 13.2 Å². The molecule has 0 spiro atoms. The van der Waals surface area contributed by atoms with Gasteiger partial charge >= 0.3 is 5.97 Å². The van der Waals surface area contributed by atoms with E-state index < -0.39 is 11.5 Å². The number of nitrogens with one attached hydrogen (secondary N) is 1. The monoisotopic (exact) mass is 360 g/mol. The molecule has 2 aromatic carbocycles. The zero-order valence-electron chi connectivity index (χ0n) is 14.6. The normalized spacial score (nSPS) is 13.0. The van der Waals surface area contributed by atoms with Gasteiger partial charge in [-0.2, -0.15) is 0 Å². The van der Waals surface area contributed by atoms with Gasteiger partial charge in [0.25, 0.3) is 0 Å². The van der Waals surface area contributed by atoms with Gasteiger partial charge in [0, 0.05) is 12.8 Å². The fourth-order valence-corrected chi connectivity index (χ4v) is 2.36. The summed E-state index contributed by atoms with van der Waals surface area (Å²) in [5, 5.41) is 18.9. The fraction of sp³-hybridized carbons (Fsp3) is 0.316. The molecule has 0 radical (unpaired) electrons. The number of phenolic OH excluding ortho intramolecular Hbond substituents is 2. The molecular formula is C19H24N2O5. The van der Waals surface area contributed by atoms with Crippen LogP contribution < -0.4 is 16.0 Å². The van der Waals surface area contributed by atoms with E-state index >= 15 is 0 Å². The second-order valence-corrected chi connectivity index (χ2v) is 6.13. The van der Waals surface area contributed by atoms with Crippen molar-refractivity contribution >= 4 is 5.97 Å². The van der Waals surface area contributed by atoms with Crippen molar-refractivity contribution in [2.45, 2.75) is 25.3 Å². The van der Waals surface area contributed by atoms with E-state index in [0.717, 1.165) is 5.75 Å². The Morgan fingerprint density at radius 3 is 2.50 bits per heavy atom. The van der Waals surface area contributed by atoms with E-state index in [1.807, 2.05) is 30.3 Å². The van der Waals surface area contributed by atoms with Crippen LogP contribution in [-0.4, -0.2) is 34.9 Å². The van der Waals surface area contributed by atoms with E-state index in [2.05, 4.69) is 5.43 Å². The Balaban J connectivity index is 1.81. The van der Waals surface area contributed by atoms with Gasteiger partial charge in [-0.25, -0.2) is 10.2 Å². The topological polar surface area (TPSA) is 114 Å². The molecule has 0 saturated heterocycles. The van der Waals surface area contributed by atoms with Crippen LogP contribution in [0.3, 0.4) is 0 Å². The Labute approximate surface area is 152 Å². The van der Waals surface area contributed by atoms with Gasteiger partial charge in [-0.05, 0) is 36.8 Å². The van der Waals surface area contributed by atoms with E-state index in [4.69, 9.17) is 15.3 Å². The highest BCUT2D eigenvalue weighted by molar-refractivity contribution is 5.80. The number of hydrazine groups is 1. The summed E-state index contributed by atoms with van der Waals surface area (Å²) >= 11 is 0. The molecule has 0 amide bonds. The number of ether oxygens (including phenoxy) is 2. The molecule has 26 heavy (non-hydrogen) atoms. The van der Waals surface area contributed by atoms with Gasteiger partial charge < -0.3 is 19.7 Å². The van der Waals surface area contributed by atoms with Crippen LogP contribution >= 0.6 is 0 Å². The molecule has 0 aliphatic heterocycles. The van der Waals surface area contributed by atoms with Crippen LogP contribution in [0.15, 0.2) is 48.5 Å². The SMILES string of the molecule is C[C@@](Cc1ccc(O)c(O)c1)(NN)C(=O)OCCCOc1ccccc1. The number of hydrogen-bond donors (Lipinski definition) is 4. The smallest absolute Gasteiger partial charge is 0.327 e. The summed E-state index contributed by atoms with van der Waals surface area (Å²) in [6.07, 6.45) is 0.734. The van der Waals surface area contributed by atoms with Crippen molar-refractivity contribution in [3.63, 3.8) is 0 Å². The molecule has 0 unspecified atom stereocenters. The number of benzene rings is 2. The van der Waals surface area contributed by atoms with E-state index in [9.17, 15) is 15.0 Å². The Hall–Kier alpha value is -2.77. The summed E-state index contributed by atoms with van der Waals surface area (Å²) in [5.41, 5.74) is 1.94. The average molecular weight is 360 g/mol. The molecule has 2 rings (SSSR count). The van der Waals surface area contributed by atoms with Crippen LogP contribution in [-0.2, 0) is 16.0 Å². The van der Waals surface area contributed by atoms with E-state index in [-0.39, 0.29) is 24.5 Å². The third-order valence-electron chi connectivity index (χ3n) is 3.90. The first-order valence-electron chi connectivity index (χ1n) is 8.28. The third-order valence-corrected chi connectivity index (χ3v) is 3.90. The molecule has 0 fully saturated rings. The number of rotatable bonds is 9. The van der Waals surface area contributed by atoms with Gasteiger partial charge in [0.1, 0.15) is 11.3 Å². The highest BCUT2D eigenvalue weighted by Gasteiger charge is 2.34. The summed E-state index contributed by atoms with van der Waals surface area (Å²) in [4.78, 5) is 12.4. The maximum absolute atomic E-state index is 12.4. The lowest BCUT2D eigenvalue weighted by Crippen LogP contribution is -2.55. The first kappa shape index (κ1) is 19.6. The molecule has 2 aromatic rings. The van der Waals surface area contributed by atoms with E-state index in [1.165, 1.54) is 12.1 Å². The molecule has 1 atom stereocenters. The molecule has 0 aliphatic carbocycles. The molecule has 140 valence electrons. The van der Waals surface area contributed by atoms with E-state index in [1.54, 1.807) is 13.0 Å². The minimum atomic E-state index is -1.16. The highest BCUT2D eigenvalue weighted by Crippen LogP contribution is 2.27. The maximum atomic E-state index is 12.4. The number of esters is 1. The highest BCUT2D eigenvalue weighted by atomic mass is 16.5. The lowest BCUT2D eigenvalue weighted by Gasteiger charge is -2.26. The number of carbonyl (C=O) groups is 1. The number of carbonyl (C=O) groups excluding carboxylic acids is 1. The summed E-state index contributed by atoms with van der Waals surface area (Å²) in [6.45, 7) is 2.24. The molecule has 7 heteroatoms. The number of phenols is 2. The first-order valence-corrected chi connectivity index (χ1v) is 8.28. The van der Waals surface area contributed by atoms with Crippen molar-refractivity contribution in [3.8, 4) is 17.2 Å². The van der Waals surface area contributed by atoms with Crippen LogP contribution in [0.1, 0.15) is 18.9 Å². The van der Waals surface area contributed by atoms with Gasteiger partial charge in [-0.1, -0.05) is 24.3 Å². The summed E-state index contributed by atoms with van der Waals surface area (Å²) in [5.74, 6) is 5.32. The molecule has 0 aliphatic rings. The minimum Gasteiger partial charge on any atom is -0.504 e. The minimum absolute atomic E-state index is 0.191. The number of aromatic hydroxyl groups is 2. The van der Waals surface area contributed by atoms with Crippen LogP contribution in [0.25, 0.3) is 0 Å². The molecule has 0 bridgehead atoms. The van der Waals surface area contributed by atoms with Crippen molar-refractivity contribution in [2.24, 2.45) is 5.84 Å². The Kier molecular flexibility index (Phi) is 6.82. The molecule has 0 saturated carbocycles. The van der Waals surface area contributed by atoms with Crippen molar-refractivity contribution in [3.05, 3.63) is 54.1 Å². The van der Waals surface area contributed by atoms with E-state index in [0.29, 0.717) is 18.6 Å². The van der Waals surface area contributed by atoms with Crippen LogP contribution in [0.4, 0.5) is 0 Å². The summed E-state index contributed by atoms with van der Waals surface area (Å²) < 4.78 is 10.8.